The van der Waals surface area contributed by atoms with E-state index in [1.54, 1.807) is 25.1 Å². The first-order chi connectivity index (χ1) is 5.49. The number of hydrogen-bond donors (Lipinski definition) is 2. The SMILES string of the molecule is Cc1ccccc1OP(=O)(O)O.[KH]. The summed E-state index contributed by atoms with van der Waals surface area (Å²) in [5, 5.41) is 0. The zero-order chi connectivity index (χ0) is 9.19. The monoisotopic (exact) mass is 228 g/mol. The Morgan fingerprint density at radius 1 is 1.31 bits per heavy atom. The van der Waals surface area contributed by atoms with Gasteiger partial charge in [-0.1, -0.05) is 18.2 Å². The molecular weight excluding hydrogens is 218 g/mol. The molecule has 0 aliphatic rings. The summed E-state index contributed by atoms with van der Waals surface area (Å²) in [6.45, 7) is 1.71. The van der Waals surface area contributed by atoms with Gasteiger partial charge in [-0.3, -0.25) is 9.79 Å². The van der Waals surface area contributed by atoms with Crippen LogP contribution in [0.25, 0.3) is 0 Å². The molecule has 0 fully saturated rings. The van der Waals surface area contributed by atoms with Crippen LogP contribution in [0.15, 0.2) is 24.3 Å². The van der Waals surface area contributed by atoms with Crippen LogP contribution >= 0.6 is 7.82 Å². The molecule has 4 nitrogen and oxygen atoms in total. The van der Waals surface area contributed by atoms with E-state index in [4.69, 9.17) is 9.79 Å². The van der Waals surface area contributed by atoms with Gasteiger partial charge in [0.25, 0.3) is 0 Å². The molecule has 1 aromatic rings. The molecule has 13 heavy (non-hydrogen) atoms. The van der Waals surface area contributed by atoms with Crippen molar-refractivity contribution in [2.24, 2.45) is 0 Å². The van der Waals surface area contributed by atoms with E-state index in [9.17, 15) is 4.57 Å². The van der Waals surface area contributed by atoms with Gasteiger partial charge in [0.1, 0.15) is 5.75 Å². The van der Waals surface area contributed by atoms with E-state index in [-0.39, 0.29) is 57.1 Å². The first-order valence-corrected chi connectivity index (χ1v) is 4.83. The maximum absolute atomic E-state index is 10.4. The zero-order valence-electron chi connectivity index (χ0n) is 6.47. The normalized spacial score (nSPS) is 10.4. The Hall–Kier alpha value is 0.806. The van der Waals surface area contributed by atoms with Gasteiger partial charge in [0.05, 0.1) is 0 Å². The Morgan fingerprint density at radius 2 is 1.85 bits per heavy atom. The van der Waals surface area contributed by atoms with E-state index < -0.39 is 7.82 Å². The number of phosphoric acid groups is 1. The second-order valence-electron chi connectivity index (χ2n) is 2.35. The van der Waals surface area contributed by atoms with Gasteiger partial charge >= 0.3 is 59.2 Å². The Labute approximate surface area is 119 Å². The van der Waals surface area contributed by atoms with Gasteiger partial charge in [0.15, 0.2) is 0 Å². The summed E-state index contributed by atoms with van der Waals surface area (Å²) in [6, 6.07) is 6.64. The van der Waals surface area contributed by atoms with Gasteiger partial charge in [-0.25, -0.2) is 4.57 Å². The number of hydrogen-bond acceptors (Lipinski definition) is 2. The fourth-order valence-electron chi connectivity index (χ4n) is 0.787. The molecule has 0 aliphatic heterocycles. The molecule has 0 saturated heterocycles. The predicted octanol–water partition coefficient (Wildman–Crippen LogP) is 0.818. The molecule has 0 unspecified atom stereocenters. The third kappa shape index (κ3) is 5.29. The average Bonchev–Trinajstić information content (AvgIpc) is 1.91. The Bertz CT molecular complexity index is 322. The van der Waals surface area contributed by atoms with Crippen molar-refractivity contribution in [1.82, 2.24) is 0 Å². The van der Waals surface area contributed by atoms with Crippen LogP contribution in [0.1, 0.15) is 5.56 Å². The van der Waals surface area contributed by atoms with E-state index in [0.29, 0.717) is 5.56 Å². The molecule has 0 atom stereocenters. The van der Waals surface area contributed by atoms with Crippen molar-refractivity contribution in [3.05, 3.63) is 29.8 Å². The molecule has 1 aromatic carbocycles. The van der Waals surface area contributed by atoms with Crippen LogP contribution in [0.4, 0.5) is 0 Å². The van der Waals surface area contributed by atoms with Crippen LogP contribution < -0.4 is 4.52 Å². The van der Waals surface area contributed by atoms with E-state index in [2.05, 4.69) is 4.52 Å². The summed E-state index contributed by atoms with van der Waals surface area (Å²) in [6.07, 6.45) is 0. The van der Waals surface area contributed by atoms with Crippen molar-refractivity contribution >= 4 is 59.2 Å². The van der Waals surface area contributed by atoms with E-state index in [0.717, 1.165) is 0 Å². The fraction of sp³-hybridized carbons (Fsp3) is 0.143. The molecule has 0 radical (unpaired) electrons. The average molecular weight is 228 g/mol. The Kier molecular flexibility index (Phi) is 5.98. The number of rotatable bonds is 2. The maximum atomic E-state index is 10.4. The van der Waals surface area contributed by atoms with Gasteiger partial charge in [0.2, 0.25) is 0 Å². The summed E-state index contributed by atoms with van der Waals surface area (Å²) in [7, 11) is -4.41. The molecule has 0 heterocycles. The molecule has 0 amide bonds. The minimum absolute atomic E-state index is 0. The number of para-hydroxylation sites is 1. The van der Waals surface area contributed by atoms with Crippen molar-refractivity contribution in [1.29, 1.82) is 0 Å². The minimum atomic E-state index is -4.41. The summed E-state index contributed by atoms with van der Waals surface area (Å²) in [5.41, 5.74) is 0.695. The Balaban J connectivity index is 0.00000144. The van der Waals surface area contributed by atoms with Crippen LogP contribution in [-0.2, 0) is 4.57 Å². The standard InChI is InChI=1S/C7H9O4P.K.H/c1-6-4-2-3-5-7(6)11-12(8,9)10;;/h2-5H,1H3,(H2,8,9,10);;. The summed E-state index contributed by atoms with van der Waals surface area (Å²) >= 11 is 0. The van der Waals surface area contributed by atoms with Crippen LogP contribution in [-0.4, -0.2) is 61.2 Å². The Morgan fingerprint density at radius 3 is 2.31 bits per heavy atom. The van der Waals surface area contributed by atoms with Gasteiger partial charge in [-0.15, -0.1) is 0 Å². The first kappa shape index (κ1) is 13.8. The van der Waals surface area contributed by atoms with Crippen LogP contribution in [0, 0.1) is 6.92 Å². The molecule has 0 bridgehead atoms. The molecule has 0 spiro atoms. The van der Waals surface area contributed by atoms with Crippen LogP contribution in [0.3, 0.4) is 0 Å². The third-order valence-corrected chi connectivity index (χ3v) is 1.75. The predicted molar refractivity (Wildman–Crippen MR) is 51.0 cm³/mol. The second-order valence-corrected chi connectivity index (χ2v) is 3.51. The molecular formula is C7H10KO4P. The topological polar surface area (TPSA) is 66.8 Å². The molecule has 0 aliphatic carbocycles. The van der Waals surface area contributed by atoms with Crippen LogP contribution in [0.5, 0.6) is 5.75 Å². The van der Waals surface area contributed by atoms with Gasteiger partial charge in [-0.05, 0) is 18.6 Å². The number of aryl methyl sites for hydroxylation is 1. The van der Waals surface area contributed by atoms with Crippen molar-refractivity contribution < 1.29 is 18.9 Å². The third-order valence-electron chi connectivity index (χ3n) is 1.31. The second kappa shape index (κ2) is 5.63. The van der Waals surface area contributed by atoms with Gasteiger partial charge in [0, 0.05) is 0 Å². The van der Waals surface area contributed by atoms with Crippen molar-refractivity contribution in [3.8, 4) is 5.75 Å². The van der Waals surface area contributed by atoms with Crippen molar-refractivity contribution in [2.45, 2.75) is 6.92 Å². The van der Waals surface area contributed by atoms with Gasteiger partial charge < -0.3 is 4.52 Å². The van der Waals surface area contributed by atoms with Crippen LogP contribution in [0.2, 0.25) is 0 Å². The molecule has 1 rings (SSSR count). The number of benzene rings is 1. The molecule has 0 saturated carbocycles. The van der Waals surface area contributed by atoms with Gasteiger partial charge in [-0.2, -0.15) is 0 Å². The fourth-order valence-corrected chi connectivity index (χ4v) is 1.25. The van der Waals surface area contributed by atoms with Crippen molar-refractivity contribution in [2.75, 3.05) is 0 Å². The first-order valence-electron chi connectivity index (χ1n) is 3.30. The summed E-state index contributed by atoms with van der Waals surface area (Å²) in [5.74, 6) is 0.214. The quantitative estimate of drug-likeness (QED) is 0.581. The van der Waals surface area contributed by atoms with Crippen molar-refractivity contribution in [3.63, 3.8) is 0 Å². The number of phosphoric ester groups is 1. The van der Waals surface area contributed by atoms with E-state index in [1.165, 1.54) is 6.07 Å². The molecule has 0 aromatic heterocycles. The zero-order valence-corrected chi connectivity index (χ0v) is 7.36. The summed E-state index contributed by atoms with van der Waals surface area (Å²) in [4.78, 5) is 17.0. The molecule has 6 heteroatoms. The summed E-state index contributed by atoms with van der Waals surface area (Å²) < 4.78 is 14.8. The molecule has 2 N–H and O–H groups in total. The molecule has 68 valence electrons. The van der Waals surface area contributed by atoms with E-state index in [1.807, 2.05) is 0 Å². The van der Waals surface area contributed by atoms with E-state index >= 15 is 0 Å².